The van der Waals surface area contributed by atoms with Gasteiger partial charge in [-0.25, -0.2) is 4.79 Å². The molecule has 1 atom stereocenters. The maximum Gasteiger partial charge on any atom is 0.326 e. The summed E-state index contributed by atoms with van der Waals surface area (Å²) in [5.74, 6) is -1.15. The summed E-state index contributed by atoms with van der Waals surface area (Å²) in [6.45, 7) is 1.76. The first-order valence-corrected chi connectivity index (χ1v) is 7.59. The van der Waals surface area contributed by atoms with E-state index >= 15 is 0 Å². The number of hydrogen-bond acceptors (Lipinski definition) is 2. The van der Waals surface area contributed by atoms with Crippen molar-refractivity contribution in [2.75, 3.05) is 0 Å². The van der Waals surface area contributed by atoms with Crippen LogP contribution < -0.4 is 5.32 Å². The Bertz CT molecular complexity index is 508. The molecular weight excluding hydrogens is 322 g/mol. The van der Waals surface area contributed by atoms with Gasteiger partial charge >= 0.3 is 5.97 Å². The van der Waals surface area contributed by atoms with Gasteiger partial charge in [-0.15, -0.1) is 0 Å². The van der Waals surface area contributed by atoms with Gasteiger partial charge in [-0.05, 0) is 37.0 Å². The van der Waals surface area contributed by atoms with Gasteiger partial charge in [0.05, 0.1) is 5.41 Å². The molecule has 1 aromatic carbocycles. The number of aliphatic carboxylic acids is 1. The third kappa shape index (κ3) is 2.73. The molecule has 0 heterocycles. The van der Waals surface area contributed by atoms with Gasteiger partial charge in [-0.1, -0.05) is 41.4 Å². The van der Waals surface area contributed by atoms with Gasteiger partial charge in [0.2, 0.25) is 5.91 Å². The van der Waals surface area contributed by atoms with Gasteiger partial charge in [0.1, 0.15) is 6.04 Å². The molecule has 1 aromatic rings. The molecule has 2 N–H and O–H groups in total. The fraction of sp³-hybridized carbons (Fsp3) is 0.467. The minimum atomic E-state index is -0.980. The summed E-state index contributed by atoms with van der Waals surface area (Å²) in [5, 5.41) is 11.7. The second kappa shape index (κ2) is 5.95. The fourth-order valence-electron chi connectivity index (χ4n) is 2.58. The highest BCUT2D eigenvalue weighted by Gasteiger charge is 2.46. The van der Waals surface area contributed by atoms with Crippen molar-refractivity contribution < 1.29 is 14.7 Å². The van der Waals surface area contributed by atoms with E-state index in [1.807, 2.05) is 24.3 Å². The van der Waals surface area contributed by atoms with Crippen LogP contribution in [0.2, 0.25) is 0 Å². The highest BCUT2D eigenvalue weighted by atomic mass is 79.9. The van der Waals surface area contributed by atoms with Crippen molar-refractivity contribution >= 4 is 27.8 Å². The van der Waals surface area contributed by atoms with Crippen LogP contribution in [0.25, 0.3) is 0 Å². The number of rotatable bonds is 5. The quantitative estimate of drug-likeness (QED) is 0.866. The number of nitrogens with one attached hydrogen (secondary N) is 1. The average molecular weight is 340 g/mol. The van der Waals surface area contributed by atoms with Crippen molar-refractivity contribution in [3.05, 3.63) is 34.3 Å². The summed E-state index contributed by atoms with van der Waals surface area (Å²) in [6.07, 6.45) is 2.93. The minimum absolute atomic E-state index is 0.166. The van der Waals surface area contributed by atoms with Gasteiger partial charge in [0, 0.05) is 4.47 Å². The van der Waals surface area contributed by atoms with E-state index in [2.05, 4.69) is 21.2 Å². The molecule has 0 aliphatic heterocycles. The topological polar surface area (TPSA) is 66.4 Å². The maximum absolute atomic E-state index is 12.5. The predicted molar refractivity (Wildman–Crippen MR) is 79.5 cm³/mol. The highest BCUT2D eigenvalue weighted by molar-refractivity contribution is 9.10. The number of carbonyl (C=O) groups excluding carboxylic acids is 1. The van der Waals surface area contributed by atoms with Crippen LogP contribution >= 0.6 is 15.9 Å². The Morgan fingerprint density at radius 2 is 1.95 bits per heavy atom. The van der Waals surface area contributed by atoms with Crippen LogP contribution in [0.3, 0.4) is 0 Å². The summed E-state index contributed by atoms with van der Waals surface area (Å²) >= 11 is 3.38. The first kappa shape index (κ1) is 15.0. The molecule has 1 unspecified atom stereocenters. The number of hydrogen-bond donors (Lipinski definition) is 2. The Kier molecular flexibility index (Phi) is 4.48. The molecule has 1 aliphatic rings. The third-order valence-electron chi connectivity index (χ3n) is 4.05. The smallest absolute Gasteiger partial charge is 0.326 e. The SMILES string of the molecule is CCC(NC(=O)C1(c2ccc(Br)cc2)CCC1)C(=O)O. The number of carboxylic acid groups (broad SMARTS) is 1. The van der Waals surface area contributed by atoms with Crippen LogP contribution in [0, 0.1) is 0 Å². The molecule has 20 heavy (non-hydrogen) atoms. The predicted octanol–water partition coefficient (Wildman–Crippen LogP) is 2.85. The highest BCUT2D eigenvalue weighted by Crippen LogP contribution is 2.44. The van der Waals surface area contributed by atoms with Crippen molar-refractivity contribution in [3.63, 3.8) is 0 Å². The molecule has 0 radical (unpaired) electrons. The van der Waals surface area contributed by atoms with Crippen molar-refractivity contribution in [1.82, 2.24) is 5.32 Å². The Balaban J connectivity index is 2.20. The number of amides is 1. The number of halogens is 1. The van der Waals surface area contributed by atoms with Crippen LogP contribution in [-0.2, 0) is 15.0 Å². The zero-order chi connectivity index (χ0) is 14.8. The Morgan fingerprint density at radius 1 is 1.35 bits per heavy atom. The van der Waals surface area contributed by atoms with E-state index in [1.165, 1.54) is 0 Å². The molecule has 1 amide bonds. The van der Waals surface area contributed by atoms with E-state index in [-0.39, 0.29) is 5.91 Å². The van der Waals surface area contributed by atoms with Gasteiger partial charge in [0.25, 0.3) is 0 Å². The second-order valence-corrected chi connectivity index (χ2v) is 6.13. The molecule has 0 saturated heterocycles. The van der Waals surface area contributed by atoms with Crippen molar-refractivity contribution in [1.29, 1.82) is 0 Å². The van der Waals surface area contributed by atoms with E-state index in [0.29, 0.717) is 6.42 Å². The minimum Gasteiger partial charge on any atom is -0.480 e. The van der Waals surface area contributed by atoms with E-state index in [9.17, 15) is 9.59 Å². The summed E-state index contributed by atoms with van der Waals surface area (Å²) in [4.78, 5) is 23.6. The molecule has 0 spiro atoms. The molecular formula is C15H18BrNO3. The van der Waals surface area contributed by atoms with Gasteiger partial charge in [-0.3, -0.25) is 4.79 Å². The van der Waals surface area contributed by atoms with Crippen molar-refractivity contribution in [2.24, 2.45) is 0 Å². The van der Waals surface area contributed by atoms with Crippen molar-refractivity contribution in [2.45, 2.75) is 44.1 Å². The molecule has 1 aliphatic carbocycles. The van der Waals surface area contributed by atoms with Crippen LogP contribution in [0.4, 0.5) is 0 Å². The zero-order valence-electron chi connectivity index (χ0n) is 11.4. The Morgan fingerprint density at radius 3 is 2.35 bits per heavy atom. The lowest BCUT2D eigenvalue weighted by molar-refractivity contribution is -0.143. The summed E-state index contributed by atoms with van der Waals surface area (Å²) in [7, 11) is 0. The third-order valence-corrected chi connectivity index (χ3v) is 4.58. The molecule has 1 saturated carbocycles. The number of carbonyl (C=O) groups is 2. The molecule has 0 aromatic heterocycles. The van der Waals surface area contributed by atoms with Gasteiger partial charge in [-0.2, -0.15) is 0 Å². The number of benzene rings is 1. The van der Waals surface area contributed by atoms with E-state index < -0.39 is 17.4 Å². The van der Waals surface area contributed by atoms with Crippen LogP contribution in [0.15, 0.2) is 28.7 Å². The monoisotopic (exact) mass is 339 g/mol. The largest absolute Gasteiger partial charge is 0.480 e. The summed E-state index contributed by atoms with van der Waals surface area (Å²) in [6, 6.07) is 6.89. The Labute approximate surface area is 126 Å². The van der Waals surface area contributed by atoms with Crippen LogP contribution in [0.1, 0.15) is 38.2 Å². The van der Waals surface area contributed by atoms with E-state index in [4.69, 9.17) is 5.11 Å². The summed E-state index contributed by atoms with van der Waals surface area (Å²) < 4.78 is 0.966. The van der Waals surface area contributed by atoms with Gasteiger partial charge in [0.15, 0.2) is 0 Å². The zero-order valence-corrected chi connectivity index (χ0v) is 12.9. The van der Waals surface area contributed by atoms with E-state index in [1.54, 1.807) is 6.92 Å². The van der Waals surface area contributed by atoms with Crippen LogP contribution in [-0.4, -0.2) is 23.0 Å². The normalized spacial score (nSPS) is 17.9. The molecule has 2 rings (SSSR count). The molecule has 4 nitrogen and oxygen atoms in total. The molecule has 0 bridgehead atoms. The lowest BCUT2D eigenvalue weighted by atomic mass is 9.63. The molecule has 5 heteroatoms. The standard InChI is InChI=1S/C15H18BrNO3/c1-2-12(13(18)19)17-14(20)15(8-3-9-15)10-4-6-11(16)7-5-10/h4-7,12H,2-3,8-9H2,1H3,(H,17,20)(H,18,19). The first-order valence-electron chi connectivity index (χ1n) is 6.79. The van der Waals surface area contributed by atoms with Crippen molar-refractivity contribution in [3.8, 4) is 0 Å². The average Bonchev–Trinajstić information content (AvgIpc) is 2.36. The van der Waals surface area contributed by atoms with E-state index in [0.717, 1.165) is 29.3 Å². The fourth-order valence-corrected chi connectivity index (χ4v) is 2.85. The lowest BCUT2D eigenvalue weighted by Crippen LogP contribution is -2.53. The Hall–Kier alpha value is -1.36. The molecule has 108 valence electrons. The lowest BCUT2D eigenvalue weighted by Gasteiger charge is -2.41. The number of carboxylic acids is 1. The molecule has 1 fully saturated rings. The maximum atomic E-state index is 12.5. The van der Waals surface area contributed by atoms with Crippen LogP contribution in [0.5, 0.6) is 0 Å². The second-order valence-electron chi connectivity index (χ2n) is 5.22. The summed E-state index contributed by atoms with van der Waals surface area (Å²) in [5.41, 5.74) is 0.411. The van der Waals surface area contributed by atoms with Gasteiger partial charge < -0.3 is 10.4 Å². The first-order chi connectivity index (χ1) is 9.49.